The van der Waals surface area contributed by atoms with Crippen LogP contribution >= 0.6 is 0 Å². The van der Waals surface area contributed by atoms with Crippen LogP contribution in [-0.4, -0.2) is 19.5 Å². The highest BCUT2D eigenvalue weighted by atomic mass is 15.0. The summed E-state index contributed by atoms with van der Waals surface area (Å²) >= 11 is 0. The number of rotatable bonds is 3. The fourth-order valence-electron chi connectivity index (χ4n) is 3.20. The van der Waals surface area contributed by atoms with Crippen LogP contribution in [0.2, 0.25) is 0 Å². The summed E-state index contributed by atoms with van der Waals surface area (Å²) < 4.78 is 2.12. The summed E-state index contributed by atoms with van der Waals surface area (Å²) in [7, 11) is 2.05. The van der Waals surface area contributed by atoms with Gasteiger partial charge in [-0.15, -0.1) is 0 Å². The minimum Gasteiger partial charge on any atom is -0.328 e. The Labute approximate surface area is 147 Å². The monoisotopic (exact) mass is 330 g/mol. The van der Waals surface area contributed by atoms with Gasteiger partial charge in [-0.25, -0.2) is 4.98 Å². The van der Waals surface area contributed by atoms with Gasteiger partial charge in [0, 0.05) is 53.1 Å². The average Bonchev–Trinajstić information content (AvgIpc) is 2.94. The molecular formula is C21H22N4. The van der Waals surface area contributed by atoms with Crippen LogP contribution in [0.3, 0.4) is 0 Å². The van der Waals surface area contributed by atoms with Crippen molar-refractivity contribution in [2.75, 3.05) is 0 Å². The summed E-state index contributed by atoms with van der Waals surface area (Å²) in [5.74, 6) is 0. The fraction of sp³-hybridized carbons (Fsp3) is 0.286. The van der Waals surface area contributed by atoms with Crippen LogP contribution in [0.4, 0.5) is 0 Å². The van der Waals surface area contributed by atoms with E-state index in [1.165, 1.54) is 0 Å². The predicted molar refractivity (Wildman–Crippen MR) is 103 cm³/mol. The quantitative estimate of drug-likeness (QED) is 0.538. The topological polar surface area (TPSA) is 43.6 Å². The van der Waals surface area contributed by atoms with E-state index in [1.807, 2.05) is 31.7 Å². The first-order valence-electron chi connectivity index (χ1n) is 8.67. The summed E-state index contributed by atoms with van der Waals surface area (Å²) in [6, 6.07) is 10.5. The molecule has 4 nitrogen and oxygen atoms in total. The lowest BCUT2D eigenvalue weighted by atomic mass is 9.86. The molecule has 0 radical (unpaired) electrons. The third kappa shape index (κ3) is 2.49. The van der Waals surface area contributed by atoms with Crippen LogP contribution in [0.25, 0.3) is 33.2 Å². The van der Waals surface area contributed by atoms with Crippen LogP contribution in [0.1, 0.15) is 32.9 Å². The molecule has 0 aliphatic carbocycles. The second kappa shape index (κ2) is 5.66. The van der Waals surface area contributed by atoms with Gasteiger partial charge in [0.2, 0.25) is 0 Å². The van der Waals surface area contributed by atoms with Gasteiger partial charge >= 0.3 is 0 Å². The van der Waals surface area contributed by atoms with Crippen molar-refractivity contribution in [1.82, 2.24) is 19.5 Å². The third-order valence-corrected chi connectivity index (χ3v) is 5.28. The maximum absolute atomic E-state index is 4.89. The Morgan fingerprint density at radius 3 is 2.56 bits per heavy atom. The van der Waals surface area contributed by atoms with Crippen LogP contribution in [0.5, 0.6) is 0 Å². The Morgan fingerprint density at radius 1 is 1.00 bits per heavy atom. The molecule has 0 N–H and O–H groups in total. The van der Waals surface area contributed by atoms with Crippen LogP contribution in [-0.2, 0) is 12.5 Å². The van der Waals surface area contributed by atoms with Crippen molar-refractivity contribution in [2.24, 2.45) is 7.05 Å². The van der Waals surface area contributed by atoms with Gasteiger partial charge in [0.15, 0.2) is 0 Å². The number of hydrogen-bond donors (Lipinski definition) is 0. The van der Waals surface area contributed by atoms with E-state index in [0.717, 1.165) is 45.3 Å². The summed E-state index contributed by atoms with van der Waals surface area (Å²) in [5.41, 5.74) is 5.32. The predicted octanol–water partition coefficient (Wildman–Crippen LogP) is 4.87. The van der Waals surface area contributed by atoms with E-state index in [4.69, 9.17) is 4.98 Å². The largest absolute Gasteiger partial charge is 0.328 e. The molecule has 4 rings (SSSR count). The molecule has 0 saturated heterocycles. The van der Waals surface area contributed by atoms with E-state index >= 15 is 0 Å². The van der Waals surface area contributed by atoms with E-state index in [1.54, 1.807) is 0 Å². The van der Waals surface area contributed by atoms with Crippen LogP contribution in [0, 0.1) is 0 Å². The van der Waals surface area contributed by atoms with Crippen molar-refractivity contribution >= 4 is 21.9 Å². The highest BCUT2D eigenvalue weighted by Gasteiger charge is 2.19. The molecule has 4 heteroatoms. The lowest BCUT2D eigenvalue weighted by molar-refractivity contribution is 0.490. The Bertz CT molecular complexity index is 1060. The molecule has 4 aromatic heterocycles. The number of nitrogens with zero attached hydrogens (tertiary/aromatic N) is 4. The van der Waals surface area contributed by atoms with Gasteiger partial charge in [0.1, 0.15) is 5.65 Å². The summed E-state index contributed by atoms with van der Waals surface area (Å²) in [4.78, 5) is 13.8. The highest BCUT2D eigenvalue weighted by Crippen LogP contribution is 2.30. The van der Waals surface area contributed by atoms with Crippen molar-refractivity contribution in [3.05, 3.63) is 54.6 Å². The zero-order valence-corrected chi connectivity index (χ0v) is 15.1. The summed E-state index contributed by atoms with van der Waals surface area (Å²) in [5, 5.41) is 2.27. The smallest absolute Gasteiger partial charge is 0.141 e. The average molecular weight is 330 g/mol. The van der Waals surface area contributed by atoms with E-state index in [0.29, 0.717) is 0 Å². The molecule has 25 heavy (non-hydrogen) atoms. The SMILES string of the molecule is CCC(C)(C)c1ccc(-c2ccc3c4cnccc4n(C)c3n2)cn1. The lowest BCUT2D eigenvalue weighted by Crippen LogP contribution is -2.17. The standard InChI is InChI=1S/C21H22N4/c1-5-21(2,3)19-9-6-14(12-23-19)17-8-7-15-16-13-22-11-10-18(16)25(4)20(15)24-17/h6-13H,5H2,1-4H3. The molecule has 126 valence electrons. The zero-order chi connectivity index (χ0) is 17.6. The number of hydrogen-bond acceptors (Lipinski definition) is 3. The van der Waals surface area contributed by atoms with E-state index in [9.17, 15) is 0 Å². The van der Waals surface area contributed by atoms with Crippen LogP contribution < -0.4 is 0 Å². The second-order valence-corrected chi connectivity index (χ2v) is 7.19. The van der Waals surface area contributed by atoms with Gasteiger partial charge < -0.3 is 4.57 Å². The van der Waals surface area contributed by atoms with Gasteiger partial charge in [0.05, 0.1) is 11.2 Å². The van der Waals surface area contributed by atoms with Gasteiger partial charge in [-0.2, -0.15) is 0 Å². The minimum atomic E-state index is 0.0960. The molecule has 0 atom stereocenters. The molecule has 0 saturated carbocycles. The minimum absolute atomic E-state index is 0.0960. The summed E-state index contributed by atoms with van der Waals surface area (Å²) in [6.45, 7) is 6.64. The maximum Gasteiger partial charge on any atom is 0.141 e. The molecule has 0 aliphatic rings. The summed E-state index contributed by atoms with van der Waals surface area (Å²) in [6.07, 6.45) is 6.72. The molecule has 0 bridgehead atoms. The van der Waals surface area contributed by atoms with Crippen molar-refractivity contribution in [1.29, 1.82) is 0 Å². The second-order valence-electron chi connectivity index (χ2n) is 7.19. The first-order chi connectivity index (χ1) is 12.0. The zero-order valence-electron chi connectivity index (χ0n) is 15.1. The van der Waals surface area contributed by atoms with E-state index < -0.39 is 0 Å². The Balaban J connectivity index is 1.82. The van der Waals surface area contributed by atoms with Crippen molar-refractivity contribution < 1.29 is 0 Å². The van der Waals surface area contributed by atoms with Crippen molar-refractivity contribution in [3.63, 3.8) is 0 Å². The molecular weight excluding hydrogens is 308 g/mol. The van der Waals surface area contributed by atoms with Crippen molar-refractivity contribution in [2.45, 2.75) is 32.6 Å². The van der Waals surface area contributed by atoms with E-state index in [2.05, 4.69) is 59.6 Å². The highest BCUT2D eigenvalue weighted by molar-refractivity contribution is 6.06. The van der Waals surface area contributed by atoms with Gasteiger partial charge in [0.25, 0.3) is 0 Å². The number of pyridine rings is 3. The molecule has 0 unspecified atom stereocenters. The first kappa shape index (κ1) is 15.8. The van der Waals surface area contributed by atoms with Crippen molar-refractivity contribution in [3.8, 4) is 11.3 Å². The Kier molecular flexibility index (Phi) is 3.57. The fourth-order valence-corrected chi connectivity index (χ4v) is 3.20. The lowest BCUT2D eigenvalue weighted by Gasteiger charge is -2.21. The molecule has 0 amide bonds. The molecule has 0 fully saturated rings. The normalized spacial score (nSPS) is 12.2. The molecule has 0 aliphatic heterocycles. The van der Waals surface area contributed by atoms with Gasteiger partial charge in [-0.1, -0.05) is 20.8 Å². The van der Waals surface area contributed by atoms with E-state index in [-0.39, 0.29) is 5.41 Å². The van der Waals surface area contributed by atoms with Gasteiger partial charge in [-0.3, -0.25) is 9.97 Å². The number of fused-ring (bicyclic) bond motifs is 3. The molecule has 0 aromatic carbocycles. The third-order valence-electron chi connectivity index (χ3n) is 5.28. The number of aryl methyl sites for hydroxylation is 1. The molecule has 4 aromatic rings. The van der Waals surface area contributed by atoms with Gasteiger partial charge in [-0.05, 0) is 36.8 Å². The van der Waals surface area contributed by atoms with Crippen LogP contribution in [0.15, 0.2) is 48.9 Å². The Morgan fingerprint density at radius 2 is 1.84 bits per heavy atom. The molecule has 0 spiro atoms. The first-order valence-corrected chi connectivity index (χ1v) is 8.67. The Hall–Kier alpha value is -2.75. The number of aromatic nitrogens is 4. The molecule has 4 heterocycles. The maximum atomic E-state index is 4.89.